The molecule has 0 bridgehead atoms. The van der Waals surface area contributed by atoms with Gasteiger partial charge in [0.15, 0.2) is 0 Å². The minimum absolute atomic E-state index is 0.204. The molecule has 2 amide bonds. The molecule has 0 unspecified atom stereocenters. The van der Waals surface area contributed by atoms with E-state index in [2.05, 4.69) is 33.2 Å². The summed E-state index contributed by atoms with van der Waals surface area (Å²) in [5, 5.41) is 5.78. The predicted molar refractivity (Wildman–Crippen MR) is 125 cm³/mol. The van der Waals surface area contributed by atoms with Crippen LogP contribution in [0.5, 0.6) is 0 Å². The first kappa shape index (κ1) is 21.0. The Morgan fingerprint density at radius 3 is 1.90 bits per heavy atom. The topological polar surface area (TPSA) is 58.2 Å². The van der Waals surface area contributed by atoms with Crippen LogP contribution in [-0.2, 0) is 9.59 Å². The number of halogens is 1. The minimum Gasteiger partial charge on any atom is -0.344 e. The molecule has 0 spiro atoms. The lowest BCUT2D eigenvalue weighted by Gasteiger charge is -2.21. The van der Waals surface area contributed by atoms with E-state index in [0.717, 1.165) is 25.9 Å². The van der Waals surface area contributed by atoms with E-state index in [-0.39, 0.29) is 11.8 Å². The Morgan fingerprint density at radius 1 is 0.828 bits per heavy atom. The van der Waals surface area contributed by atoms with Crippen LogP contribution < -0.4 is 10.6 Å². The van der Waals surface area contributed by atoms with Crippen molar-refractivity contribution in [3.8, 4) is 0 Å². The smallest absolute Gasteiger partial charge is 0.246 e. The van der Waals surface area contributed by atoms with Gasteiger partial charge in [0.05, 0.1) is 5.92 Å². The van der Waals surface area contributed by atoms with E-state index >= 15 is 0 Å². The molecule has 0 saturated carbocycles. The van der Waals surface area contributed by atoms with Crippen LogP contribution in [0.25, 0.3) is 0 Å². The molecule has 4 nitrogen and oxygen atoms in total. The van der Waals surface area contributed by atoms with E-state index in [0.29, 0.717) is 0 Å². The fourth-order valence-corrected chi connectivity index (χ4v) is 3.80. The lowest BCUT2D eigenvalue weighted by atomic mass is 9.90. The van der Waals surface area contributed by atoms with Crippen LogP contribution >= 0.6 is 22.6 Å². The third-order valence-electron chi connectivity index (χ3n) is 4.73. The Kier molecular flexibility index (Phi) is 7.04. The fourth-order valence-electron chi connectivity index (χ4n) is 3.16. The Hall–Kier alpha value is -2.67. The molecule has 0 aliphatic heterocycles. The van der Waals surface area contributed by atoms with E-state index < -0.39 is 12.0 Å². The number of carbonyl (C=O) groups excluding carboxylic acids is 2. The van der Waals surface area contributed by atoms with Gasteiger partial charge < -0.3 is 10.6 Å². The predicted octanol–water partition coefficient (Wildman–Crippen LogP) is 4.87. The van der Waals surface area contributed by atoms with Gasteiger partial charge in [0, 0.05) is 9.26 Å². The lowest BCUT2D eigenvalue weighted by Crippen LogP contribution is -2.43. The third kappa shape index (κ3) is 5.44. The maximum atomic E-state index is 13.1. The zero-order valence-electron chi connectivity index (χ0n) is 16.4. The number of hydrogen-bond donors (Lipinski definition) is 2. The van der Waals surface area contributed by atoms with E-state index in [1.807, 2.05) is 85.8 Å². The molecule has 0 fully saturated rings. The van der Waals surface area contributed by atoms with Crippen LogP contribution in [-0.4, -0.2) is 17.9 Å². The van der Waals surface area contributed by atoms with Crippen molar-refractivity contribution in [1.29, 1.82) is 0 Å². The first-order valence-electron chi connectivity index (χ1n) is 9.43. The average molecular weight is 498 g/mol. The highest BCUT2D eigenvalue weighted by molar-refractivity contribution is 14.1. The van der Waals surface area contributed by atoms with Gasteiger partial charge in [0.1, 0.15) is 6.04 Å². The summed E-state index contributed by atoms with van der Waals surface area (Å²) < 4.78 is 1.10. The summed E-state index contributed by atoms with van der Waals surface area (Å²) in [7, 11) is 0. The summed E-state index contributed by atoms with van der Waals surface area (Å²) in [6, 6.07) is 24.3. The van der Waals surface area contributed by atoms with Crippen LogP contribution in [0.1, 0.15) is 29.5 Å². The number of amides is 2. The monoisotopic (exact) mass is 498 g/mol. The summed E-state index contributed by atoms with van der Waals surface area (Å²) in [4.78, 5) is 25.8. The highest BCUT2D eigenvalue weighted by Crippen LogP contribution is 2.25. The summed E-state index contributed by atoms with van der Waals surface area (Å²) in [5.74, 6) is -0.931. The molecule has 2 N–H and O–H groups in total. The number of aryl methyl sites for hydroxylation is 1. The zero-order valence-corrected chi connectivity index (χ0v) is 18.5. The lowest BCUT2D eigenvalue weighted by molar-refractivity contribution is -0.126. The first-order valence-corrected chi connectivity index (χ1v) is 10.5. The summed E-state index contributed by atoms with van der Waals surface area (Å²) in [5.41, 5.74) is 3.50. The number of hydrogen-bond acceptors (Lipinski definition) is 2. The second kappa shape index (κ2) is 9.69. The molecule has 1 atom stereocenters. The normalized spacial score (nSPS) is 11.7. The largest absolute Gasteiger partial charge is 0.344 e. The summed E-state index contributed by atoms with van der Waals surface area (Å²) >= 11 is 2.23. The second-order valence-electron chi connectivity index (χ2n) is 6.93. The van der Waals surface area contributed by atoms with Crippen LogP contribution in [0, 0.1) is 10.5 Å². The van der Waals surface area contributed by atoms with Crippen molar-refractivity contribution >= 4 is 40.1 Å². The summed E-state index contributed by atoms with van der Waals surface area (Å²) in [6.07, 6.45) is 0. The van der Waals surface area contributed by atoms with Gasteiger partial charge in [-0.05, 0) is 71.3 Å². The van der Waals surface area contributed by atoms with Crippen LogP contribution in [0.2, 0.25) is 0 Å². The summed E-state index contributed by atoms with van der Waals surface area (Å²) in [6.45, 7) is 3.64. The molecule has 3 aromatic rings. The quantitative estimate of drug-likeness (QED) is 0.477. The maximum Gasteiger partial charge on any atom is 0.246 e. The molecule has 148 valence electrons. The molecule has 0 saturated heterocycles. The van der Waals surface area contributed by atoms with Crippen molar-refractivity contribution in [3.05, 3.63) is 99.1 Å². The number of benzene rings is 3. The molecule has 0 aliphatic carbocycles. The van der Waals surface area contributed by atoms with Crippen molar-refractivity contribution < 1.29 is 9.59 Å². The van der Waals surface area contributed by atoms with Crippen molar-refractivity contribution in [1.82, 2.24) is 5.32 Å². The second-order valence-corrected chi connectivity index (χ2v) is 8.18. The van der Waals surface area contributed by atoms with E-state index in [1.165, 1.54) is 0 Å². The number of anilines is 1. The van der Waals surface area contributed by atoms with Gasteiger partial charge in [-0.3, -0.25) is 9.59 Å². The van der Waals surface area contributed by atoms with Gasteiger partial charge in [-0.25, -0.2) is 0 Å². The molecule has 3 rings (SSSR count). The third-order valence-corrected chi connectivity index (χ3v) is 5.40. The fraction of sp³-hybridized carbons (Fsp3) is 0.167. The molecule has 29 heavy (non-hydrogen) atoms. The van der Waals surface area contributed by atoms with Gasteiger partial charge in [-0.15, -0.1) is 0 Å². The Morgan fingerprint density at radius 2 is 1.38 bits per heavy atom. The molecule has 0 aliphatic rings. The Balaban J connectivity index is 1.76. The van der Waals surface area contributed by atoms with Crippen LogP contribution in [0.15, 0.2) is 78.9 Å². The van der Waals surface area contributed by atoms with Gasteiger partial charge in [-0.2, -0.15) is 0 Å². The SMILES string of the molecule is Cc1cc(I)ccc1NC(=O)[C@@H](C)NC(=O)C(c1ccccc1)c1ccccc1. The molecular formula is C24H23IN2O2. The van der Waals surface area contributed by atoms with Crippen molar-refractivity contribution in [2.24, 2.45) is 0 Å². The molecular weight excluding hydrogens is 475 g/mol. The molecule has 0 radical (unpaired) electrons. The van der Waals surface area contributed by atoms with Gasteiger partial charge >= 0.3 is 0 Å². The average Bonchev–Trinajstić information content (AvgIpc) is 2.71. The van der Waals surface area contributed by atoms with Crippen LogP contribution in [0.4, 0.5) is 5.69 Å². The zero-order chi connectivity index (χ0) is 20.8. The highest BCUT2D eigenvalue weighted by Gasteiger charge is 2.25. The molecule has 3 aromatic carbocycles. The number of carbonyl (C=O) groups is 2. The van der Waals surface area contributed by atoms with Gasteiger partial charge in [0.25, 0.3) is 0 Å². The standard InChI is InChI=1S/C24H23IN2O2/c1-16-15-20(25)13-14-21(16)27-23(28)17(2)26-24(29)22(18-9-5-3-6-10-18)19-11-7-4-8-12-19/h3-15,17,22H,1-2H3,(H,26,29)(H,27,28)/t17-/m1/s1. The Bertz CT molecular complexity index is 951. The van der Waals surface area contributed by atoms with E-state index in [4.69, 9.17) is 0 Å². The van der Waals surface area contributed by atoms with Crippen molar-refractivity contribution in [2.45, 2.75) is 25.8 Å². The number of nitrogens with one attached hydrogen (secondary N) is 2. The molecule has 0 heterocycles. The van der Waals surface area contributed by atoms with E-state index in [1.54, 1.807) is 6.92 Å². The van der Waals surface area contributed by atoms with E-state index in [9.17, 15) is 9.59 Å². The maximum absolute atomic E-state index is 13.1. The van der Waals surface area contributed by atoms with Gasteiger partial charge in [0.2, 0.25) is 11.8 Å². The van der Waals surface area contributed by atoms with Crippen LogP contribution in [0.3, 0.4) is 0 Å². The first-order chi connectivity index (χ1) is 14.0. The van der Waals surface area contributed by atoms with Gasteiger partial charge in [-0.1, -0.05) is 60.7 Å². The molecule has 0 aromatic heterocycles. The number of rotatable bonds is 6. The van der Waals surface area contributed by atoms with Crippen molar-refractivity contribution in [2.75, 3.05) is 5.32 Å². The minimum atomic E-state index is -0.670. The Labute approximate surface area is 184 Å². The molecule has 5 heteroatoms. The van der Waals surface area contributed by atoms with Crippen molar-refractivity contribution in [3.63, 3.8) is 0 Å². The highest BCUT2D eigenvalue weighted by atomic mass is 127.